The van der Waals surface area contributed by atoms with E-state index in [4.69, 9.17) is 9.47 Å². The van der Waals surface area contributed by atoms with Gasteiger partial charge in [-0.2, -0.15) is 0 Å². The number of carbonyl (C=O) groups is 1. The molecule has 27 heavy (non-hydrogen) atoms. The van der Waals surface area contributed by atoms with E-state index in [1.165, 1.54) is 33.1 Å². The first kappa shape index (κ1) is 19.9. The van der Waals surface area contributed by atoms with Crippen molar-refractivity contribution in [1.82, 2.24) is 9.62 Å². The highest BCUT2D eigenvalue weighted by molar-refractivity contribution is 7.89. The summed E-state index contributed by atoms with van der Waals surface area (Å²) in [5.74, 6) is 0.891. The van der Waals surface area contributed by atoms with Gasteiger partial charge in [-0.1, -0.05) is 12.8 Å². The number of nitrogens with one attached hydrogen (secondary N) is 1. The van der Waals surface area contributed by atoms with Crippen molar-refractivity contribution in [3.63, 3.8) is 0 Å². The van der Waals surface area contributed by atoms with Crippen LogP contribution in [0.1, 0.15) is 37.7 Å². The molecule has 2 fully saturated rings. The van der Waals surface area contributed by atoms with Crippen molar-refractivity contribution >= 4 is 15.9 Å². The van der Waals surface area contributed by atoms with Gasteiger partial charge in [-0.15, -0.1) is 0 Å². The number of aryl methyl sites for hydroxylation is 1. The number of hydrogen-bond donors (Lipinski definition) is 1. The Kier molecular flexibility index (Phi) is 5.95. The number of carbonyl (C=O) groups excluding carboxylic acids is 1. The van der Waals surface area contributed by atoms with Gasteiger partial charge >= 0.3 is 0 Å². The van der Waals surface area contributed by atoms with Crippen LogP contribution in [-0.2, 0) is 14.8 Å². The van der Waals surface area contributed by atoms with Gasteiger partial charge in [0, 0.05) is 31.6 Å². The molecular weight excluding hydrogens is 368 g/mol. The number of benzene rings is 1. The minimum atomic E-state index is -3.78. The lowest BCUT2D eigenvalue weighted by Gasteiger charge is -2.24. The monoisotopic (exact) mass is 396 g/mol. The summed E-state index contributed by atoms with van der Waals surface area (Å²) in [6.45, 7) is 2.68. The molecule has 150 valence electrons. The summed E-state index contributed by atoms with van der Waals surface area (Å²) >= 11 is 0. The first-order valence-corrected chi connectivity index (χ1v) is 10.9. The normalized spacial score (nSPS) is 21.1. The van der Waals surface area contributed by atoms with Crippen LogP contribution in [-0.4, -0.2) is 52.6 Å². The van der Waals surface area contributed by atoms with Crippen molar-refractivity contribution in [1.29, 1.82) is 0 Å². The van der Waals surface area contributed by atoms with E-state index in [1.807, 2.05) is 11.8 Å². The Labute approximate surface area is 161 Å². The SMILES string of the molecule is COc1cc(S(=O)(=O)NCC2CC(=O)N(C3CCCC3)C2)c(OC)cc1C. The van der Waals surface area contributed by atoms with Crippen LogP contribution in [0.4, 0.5) is 0 Å². The molecule has 1 heterocycles. The lowest BCUT2D eigenvalue weighted by atomic mass is 10.1. The zero-order chi connectivity index (χ0) is 19.6. The highest BCUT2D eigenvalue weighted by atomic mass is 32.2. The number of rotatable bonds is 7. The zero-order valence-corrected chi connectivity index (χ0v) is 17.0. The van der Waals surface area contributed by atoms with Gasteiger partial charge in [-0.05, 0) is 37.3 Å². The highest BCUT2D eigenvalue weighted by Gasteiger charge is 2.36. The first-order chi connectivity index (χ1) is 12.9. The van der Waals surface area contributed by atoms with Gasteiger partial charge in [0.1, 0.15) is 16.4 Å². The van der Waals surface area contributed by atoms with Crippen LogP contribution in [0.3, 0.4) is 0 Å². The molecule has 1 saturated heterocycles. The van der Waals surface area contributed by atoms with E-state index < -0.39 is 10.0 Å². The van der Waals surface area contributed by atoms with Crippen molar-refractivity contribution < 1.29 is 22.7 Å². The third kappa shape index (κ3) is 4.21. The Morgan fingerprint density at radius 3 is 2.44 bits per heavy atom. The van der Waals surface area contributed by atoms with Crippen molar-refractivity contribution in [3.8, 4) is 11.5 Å². The fourth-order valence-corrected chi connectivity index (χ4v) is 5.33. The van der Waals surface area contributed by atoms with Crippen molar-refractivity contribution in [2.45, 2.75) is 50.0 Å². The molecule has 1 unspecified atom stereocenters. The lowest BCUT2D eigenvalue weighted by molar-refractivity contribution is -0.129. The molecule has 1 aromatic carbocycles. The van der Waals surface area contributed by atoms with Crippen LogP contribution in [0.15, 0.2) is 17.0 Å². The molecule has 1 aromatic rings. The third-order valence-electron chi connectivity index (χ3n) is 5.54. The van der Waals surface area contributed by atoms with Gasteiger partial charge in [-0.25, -0.2) is 13.1 Å². The van der Waals surface area contributed by atoms with Gasteiger partial charge in [0.2, 0.25) is 15.9 Å². The number of nitrogens with zero attached hydrogens (tertiary/aromatic N) is 1. The summed E-state index contributed by atoms with van der Waals surface area (Å²) in [7, 11) is -0.838. The zero-order valence-electron chi connectivity index (χ0n) is 16.2. The standard InChI is InChI=1S/C19H28N2O5S/c1-13-8-17(26-3)18(10-16(13)25-2)27(23,24)20-11-14-9-19(22)21(12-14)15-6-4-5-7-15/h8,10,14-15,20H,4-7,9,11-12H2,1-3H3. The van der Waals surface area contributed by atoms with Gasteiger partial charge in [0.05, 0.1) is 14.2 Å². The van der Waals surface area contributed by atoms with E-state index in [2.05, 4.69) is 4.72 Å². The highest BCUT2D eigenvalue weighted by Crippen LogP contribution is 2.32. The Balaban J connectivity index is 1.69. The lowest BCUT2D eigenvalue weighted by Crippen LogP contribution is -2.36. The predicted octanol–water partition coefficient (Wildman–Crippen LogP) is 2.08. The van der Waals surface area contributed by atoms with Crippen LogP contribution in [0, 0.1) is 12.8 Å². The number of amides is 1. The molecular formula is C19H28N2O5S. The van der Waals surface area contributed by atoms with Crippen molar-refractivity contribution in [2.24, 2.45) is 5.92 Å². The van der Waals surface area contributed by atoms with E-state index in [0.29, 0.717) is 24.8 Å². The fourth-order valence-electron chi connectivity index (χ4n) is 4.05. The molecule has 1 atom stereocenters. The molecule has 1 aliphatic heterocycles. The van der Waals surface area contributed by atoms with Gasteiger partial charge in [-0.3, -0.25) is 4.79 Å². The molecule has 1 N–H and O–H groups in total. The van der Waals surface area contributed by atoms with Crippen LogP contribution >= 0.6 is 0 Å². The maximum atomic E-state index is 12.8. The third-order valence-corrected chi connectivity index (χ3v) is 6.98. The number of hydrogen-bond acceptors (Lipinski definition) is 5. The van der Waals surface area contributed by atoms with Crippen LogP contribution in [0.2, 0.25) is 0 Å². The second-order valence-corrected chi connectivity index (χ2v) is 9.11. The molecule has 1 saturated carbocycles. The largest absolute Gasteiger partial charge is 0.496 e. The Morgan fingerprint density at radius 1 is 1.15 bits per heavy atom. The fraction of sp³-hybridized carbons (Fsp3) is 0.632. The summed E-state index contributed by atoms with van der Waals surface area (Å²) in [6, 6.07) is 3.45. The van der Waals surface area contributed by atoms with E-state index in [-0.39, 0.29) is 29.0 Å². The molecule has 0 bridgehead atoms. The first-order valence-electron chi connectivity index (χ1n) is 9.37. The minimum absolute atomic E-state index is 0.00814. The summed E-state index contributed by atoms with van der Waals surface area (Å²) < 4.78 is 38.8. The average Bonchev–Trinajstić information content (AvgIpc) is 3.29. The number of ether oxygens (including phenoxy) is 2. The summed E-state index contributed by atoms with van der Waals surface area (Å²) in [4.78, 5) is 14.3. The van der Waals surface area contributed by atoms with Gasteiger partial charge < -0.3 is 14.4 Å². The van der Waals surface area contributed by atoms with Crippen molar-refractivity contribution in [3.05, 3.63) is 17.7 Å². The number of sulfonamides is 1. The number of likely N-dealkylation sites (tertiary alicyclic amines) is 1. The molecule has 0 radical (unpaired) electrons. The van der Waals surface area contributed by atoms with Crippen LogP contribution in [0.5, 0.6) is 11.5 Å². The minimum Gasteiger partial charge on any atom is -0.496 e. The van der Waals surface area contributed by atoms with Crippen molar-refractivity contribution in [2.75, 3.05) is 27.3 Å². The molecule has 0 spiro atoms. The summed E-state index contributed by atoms with van der Waals surface area (Å²) in [5.41, 5.74) is 0.793. The van der Waals surface area contributed by atoms with Crippen LogP contribution in [0.25, 0.3) is 0 Å². The molecule has 7 nitrogen and oxygen atoms in total. The van der Waals surface area contributed by atoms with E-state index in [0.717, 1.165) is 18.4 Å². The Bertz CT molecular complexity index is 803. The Hall–Kier alpha value is -1.80. The van der Waals surface area contributed by atoms with Gasteiger partial charge in [0.15, 0.2) is 0 Å². The maximum Gasteiger partial charge on any atom is 0.244 e. The van der Waals surface area contributed by atoms with E-state index in [1.54, 1.807) is 6.07 Å². The predicted molar refractivity (Wildman–Crippen MR) is 102 cm³/mol. The van der Waals surface area contributed by atoms with Gasteiger partial charge in [0.25, 0.3) is 0 Å². The second kappa shape index (κ2) is 8.06. The summed E-state index contributed by atoms with van der Waals surface area (Å²) in [5, 5.41) is 0. The smallest absolute Gasteiger partial charge is 0.244 e. The second-order valence-electron chi connectivity index (χ2n) is 7.38. The summed E-state index contributed by atoms with van der Waals surface area (Å²) in [6.07, 6.45) is 4.85. The quantitative estimate of drug-likeness (QED) is 0.763. The molecule has 8 heteroatoms. The maximum absolute atomic E-state index is 12.8. The molecule has 1 amide bonds. The Morgan fingerprint density at radius 2 is 1.81 bits per heavy atom. The molecule has 1 aliphatic carbocycles. The number of methoxy groups -OCH3 is 2. The van der Waals surface area contributed by atoms with Crippen LogP contribution < -0.4 is 14.2 Å². The average molecular weight is 397 g/mol. The topological polar surface area (TPSA) is 84.9 Å². The molecule has 2 aliphatic rings. The molecule has 3 rings (SSSR count). The molecule has 0 aromatic heterocycles. The van der Waals surface area contributed by atoms with E-state index >= 15 is 0 Å². The van der Waals surface area contributed by atoms with E-state index in [9.17, 15) is 13.2 Å².